The molecule has 0 fully saturated rings. The van der Waals surface area contributed by atoms with Crippen LogP contribution in [0.3, 0.4) is 0 Å². The van der Waals surface area contributed by atoms with Crippen LogP contribution in [-0.4, -0.2) is 18.5 Å². The van der Waals surface area contributed by atoms with Gasteiger partial charge in [0.25, 0.3) is 5.91 Å². The second-order valence-corrected chi connectivity index (χ2v) is 5.16. The first kappa shape index (κ1) is 17.6. The van der Waals surface area contributed by atoms with Crippen molar-refractivity contribution in [1.82, 2.24) is 5.48 Å². The van der Waals surface area contributed by atoms with Crippen molar-refractivity contribution in [2.24, 2.45) is 0 Å². The maximum atomic E-state index is 11.4. The monoisotopic (exact) mass is 333 g/mol. The summed E-state index contributed by atoms with van der Waals surface area (Å²) in [5.74, 6) is -0.738. The van der Waals surface area contributed by atoms with Crippen molar-refractivity contribution in [3.63, 3.8) is 0 Å². The lowest BCUT2D eigenvalue weighted by molar-refractivity contribution is -0.160. The second-order valence-electron chi connectivity index (χ2n) is 4.32. The summed E-state index contributed by atoms with van der Waals surface area (Å²) in [6.45, 7) is 1.67. The highest BCUT2D eigenvalue weighted by atomic mass is 35.5. The largest absolute Gasteiger partial charge is 0.480 e. The summed E-state index contributed by atoms with van der Waals surface area (Å²) in [7, 11) is 0. The average Bonchev–Trinajstić information content (AvgIpc) is 2.44. The Bertz CT molecular complexity index is 494. The predicted molar refractivity (Wildman–Crippen MR) is 80.3 cm³/mol. The van der Waals surface area contributed by atoms with E-state index in [4.69, 9.17) is 27.9 Å². The summed E-state index contributed by atoms with van der Waals surface area (Å²) in [6.07, 6.45) is 3.06. The lowest BCUT2D eigenvalue weighted by atomic mass is 10.2. The Hall–Kier alpha value is -1.46. The molecule has 116 valence electrons. The Kier molecular flexibility index (Phi) is 7.93. The molecule has 0 saturated carbocycles. The third-order valence-electron chi connectivity index (χ3n) is 2.53. The summed E-state index contributed by atoms with van der Waals surface area (Å²) >= 11 is 11.6. The van der Waals surface area contributed by atoms with Gasteiger partial charge in [0.1, 0.15) is 5.75 Å². The van der Waals surface area contributed by atoms with Gasteiger partial charge in [-0.3, -0.25) is 4.79 Å². The van der Waals surface area contributed by atoms with E-state index in [1.54, 1.807) is 12.1 Å². The van der Waals surface area contributed by atoms with E-state index in [0.29, 0.717) is 22.2 Å². The van der Waals surface area contributed by atoms with E-state index < -0.39 is 5.97 Å². The van der Waals surface area contributed by atoms with E-state index in [1.807, 2.05) is 6.92 Å². The molecule has 0 aromatic heterocycles. The summed E-state index contributed by atoms with van der Waals surface area (Å²) in [4.78, 5) is 27.3. The Balaban J connectivity index is 2.26. The highest BCUT2D eigenvalue weighted by Gasteiger charge is 2.09. The van der Waals surface area contributed by atoms with Gasteiger partial charge < -0.3 is 9.57 Å². The number of carbonyl (C=O) groups is 2. The minimum Gasteiger partial charge on any atom is -0.480 e. The molecule has 0 spiro atoms. The highest BCUT2D eigenvalue weighted by molar-refractivity contribution is 6.35. The number of nitrogens with one attached hydrogen (secondary N) is 1. The van der Waals surface area contributed by atoms with Gasteiger partial charge in [0, 0.05) is 11.4 Å². The molecule has 0 unspecified atom stereocenters. The third-order valence-corrected chi connectivity index (χ3v) is 3.06. The van der Waals surface area contributed by atoms with Crippen LogP contribution in [0, 0.1) is 0 Å². The van der Waals surface area contributed by atoms with E-state index in [2.05, 4.69) is 10.3 Å². The Morgan fingerprint density at radius 2 is 2.00 bits per heavy atom. The van der Waals surface area contributed by atoms with E-state index in [0.717, 1.165) is 19.3 Å². The first-order valence-electron chi connectivity index (χ1n) is 6.59. The zero-order chi connectivity index (χ0) is 15.7. The molecule has 0 aliphatic rings. The molecular formula is C14H17Cl2NO4. The van der Waals surface area contributed by atoms with Crippen LogP contribution in [-0.2, 0) is 14.4 Å². The Morgan fingerprint density at radius 1 is 1.24 bits per heavy atom. The smallest absolute Gasteiger partial charge is 0.369 e. The van der Waals surface area contributed by atoms with Gasteiger partial charge in [0.15, 0.2) is 6.61 Å². The molecule has 0 atom stereocenters. The van der Waals surface area contributed by atoms with Gasteiger partial charge in [-0.25, -0.2) is 4.79 Å². The summed E-state index contributed by atoms with van der Waals surface area (Å²) in [5.41, 5.74) is 2.08. The molecule has 0 radical (unpaired) electrons. The number of hydroxylamine groups is 1. The van der Waals surface area contributed by atoms with Crippen LogP contribution in [0.25, 0.3) is 0 Å². The molecule has 21 heavy (non-hydrogen) atoms. The van der Waals surface area contributed by atoms with E-state index >= 15 is 0 Å². The van der Waals surface area contributed by atoms with Crippen LogP contribution in [0.2, 0.25) is 10.0 Å². The quantitative estimate of drug-likeness (QED) is 0.612. The Labute approximate surface area is 133 Å². The summed E-state index contributed by atoms with van der Waals surface area (Å²) < 4.78 is 5.17. The van der Waals surface area contributed by atoms with Crippen molar-refractivity contribution in [2.75, 3.05) is 6.61 Å². The fraction of sp³-hybridized carbons (Fsp3) is 0.429. The lowest BCUT2D eigenvalue weighted by Crippen LogP contribution is -2.29. The number of benzene rings is 1. The first-order valence-corrected chi connectivity index (χ1v) is 7.35. The van der Waals surface area contributed by atoms with Crippen LogP contribution in [0.15, 0.2) is 18.2 Å². The van der Waals surface area contributed by atoms with Crippen molar-refractivity contribution in [3.8, 4) is 5.75 Å². The molecule has 0 heterocycles. The fourth-order valence-electron chi connectivity index (χ4n) is 1.46. The van der Waals surface area contributed by atoms with Gasteiger partial charge in [-0.1, -0.05) is 43.0 Å². The molecule has 1 aromatic rings. The second kappa shape index (κ2) is 9.47. The van der Waals surface area contributed by atoms with Gasteiger partial charge in [-0.15, -0.1) is 0 Å². The normalized spacial score (nSPS) is 10.0. The zero-order valence-corrected chi connectivity index (χ0v) is 13.2. The lowest BCUT2D eigenvalue weighted by Gasteiger charge is -2.08. The molecule has 0 bridgehead atoms. The van der Waals surface area contributed by atoms with Crippen LogP contribution in [0.5, 0.6) is 5.75 Å². The molecule has 1 amide bonds. The Morgan fingerprint density at radius 3 is 2.67 bits per heavy atom. The van der Waals surface area contributed by atoms with E-state index in [1.165, 1.54) is 6.07 Å². The number of halogens is 2. The van der Waals surface area contributed by atoms with Crippen molar-refractivity contribution >= 4 is 35.1 Å². The average molecular weight is 334 g/mol. The van der Waals surface area contributed by atoms with Crippen LogP contribution in [0.4, 0.5) is 0 Å². The third kappa shape index (κ3) is 7.20. The number of ether oxygens (including phenoxy) is 1. The number of carbonyl (C=O) groups excluding carboxylic acids is 2. The standard InChI is InChI=1S/C14H17Cl2NO4/c1-2-3-4-5-13(18)17-21-14(19)9-20-12-7-6-10(15)8-11(12)16/h6-8H,2-5,9H2,1H3,(H,17,18). The number of hydrogen-bond acceptors (Lipinski definition) is 4. The maximum Gasteiger partial charge on any atom is 0.369 e. The minimum absolute atomic E-state index is 0.291. The fourth-order valence-corrected chi connectivity index (χ4v) is 1.92. The van der Waals surface area contributed by atoms with Gasteiger partial charge in [-0.05, 0) is 24.6 Å². The molecule has 0 aliphatic heterocycles. The molecule has 0 aliphatic carbocycles. The zero-order valence-electron chi connectivity index (χ0n) is 11.7. The van der Waals surface area contributed by atoms with Crippen LogP contribution in [0.1, 0.15) is 32.6 Å². The molecule has 7 heteroatoms. The molecular weight excluding hydrogens is 317 g/mol. The van der Waals surface area contributed by atoms with Gasteiger partial charge in [0.05, 0.1) is 5.02 Å². The molecule has 0 saturated heterocycles. The molecule has 1 N–H and O–H groups in total. The maximum absolute atomic E-state index is 11.4. The number of amides is 1. The molecule has 1 aromatic carbocycles. The van der Waals surface area contributed by atoms with E-state index in [9.17, 15) is 9.59 Å². The summed E-state index contributed by atoms with van der Waals surface area (Å²) in [5, 5.41) is 0.758. The SMILES string of the molecule is CCCCCC(=O)NOC(=O)COc1ccc(Cl)cc1Cl. The highest BCUT2D eigenvalue weighted by Crippen LogP contribution is 2.27. The van der Waals surface area contributed by atoms with Crippen molar-refractivity contribution in [1.29, 1.82) is 0 Å². The predicted octanol–water partition coefficient (Wildman–Crippen LogP) is 3.53. The molecule has 5 nitrogen and oxygen atoms in total. The first-order chi connectivity index (χ1) is 10.0. The number of rotatable bonds is 7. The van der Waals surface area contributed by atoms with E-state index in [-0.39, 0.29) is 12.5 Å². The van der Waals surface area contributed by atoms with Gasteiger partial charge in [0.2, 0.25) is 0 Å². The van der Waals surface area contributed by atoms with Crippen molar-refractivity contribution in [3.05, 3.63) is 28.2 Å². The van der Waals surface area contributed by atoms with Crippen molar-refractivity contribution < 1.29 is 19.2 Å². The van der Waals surface area contributed by atoms with Gasteiger partial charge in [-0.2, -0.15) is 5.48 Å². The molecule has 1 rings (SSSR count). The van der Waals surface area contributed by atoms with Crippen LogP contribution < -0.4 is 10.2 Å². The minimum atomic E-state index is -0.718. The number of unbranched alkanes of at least 4 members (excludes halogenated alkanes) is 2. The summed E-state index contributed by atoms with van der Waals surface area (Å²) in [6, 6.07) is 4.63. The number of hydrogen-bond donors (Lipinski definition) is 1. The van der Waals surface area contributed by atoms with Crippen LogP contribution >= 0.6 is 23.2 Å². The topological polar surface area (TPSA) is 64.6 Å². The van der Waals surface area contributed by atoms with Crippen molar-refractivity contribution in [2.45, 2.75) is 32.6 Å². The van der Waals surface area contributed by atoms with Gasteiger partial charge >= 0.3 is 5.97 Å².